The minimum atomic E-state index is -0.742. The number of guanidine groups is 1. The number of hydrogen-bond acceptors (Lipinski definition) is 4. The Morgan fingerprint density at radius 3 is 1.97 bits per heavy atom. The van der Waals surface area contributed by atoms with E-state index < -0.39 is 6.04 Å². The molecule has 3 rings (SSSR count). The van der Waals surface area contributed by atoms with Crippen molar-refractivity contribution in [2.24, 2.45) is 16.5 Å². The van der Waals surface area contributed by atoms with Crippen molar-refractivity contribution in [1.82, 2.24) is 5.32 Å². The molecule has 0 saturated heterocycles. The number of benzene rings is 3. The van der Waals surface area contributed by atoms with Crippen LogP contribution in [0.2, 0.25) is 0 Å². The Labute approximate surface area is 205 Å². The molecule has 7 N–H and O–H groups in total. The minimum Gasteiger partial charge on any atom is -0.370 e. The molecule has 0 aliphatic heterocycles. The molecule has 1 unspecified atom stereocenters. The summed E-state index contributed by atoms with van der Waals surface area (Å²) in [7, 11) is 0. The Morgan fingerprint density at radius 2 is 1.35 bits per heavy atom. The lowest BCUT2D eigenvalue weighted by molar-refractivity contribution is -0.118. The predicted molar refractivity (Wildman–Crippen MR) is 140 cm³/mol. The molecule has 0 saturated carbocycles. The van der Waals surface area contributed by atoms with E-state index in [1.807, 2.05) is 48.5 Å². The zero-order chi connectivity index (χ0) is 23.5. The molecule has 0 heterocycles. The standard InChI is InChI=1S/C25H28N6O2.ClH/c26-25(27)28-17-7-12-22(31-23(32)18-8-3-1-4-9-18)24(33)30-21-15-13-20(14-16-21)29-19-10-5-2-6-11-19;/h1-6,8-11,13-16,22,29H,7,12,17H2,(H,30,33)(H,31,32)(H4,26,27,28);1H. The minimum absolute atomic E-state index is 0. The number of hydrogen-bond donors (Lipinski definition) is 5. The van der Waals surface area contributed by atoms with E-state index in [0.717, 1.165) is 11.4 Å². The molecule has 0 radical (unpaired) electrons. The molecule has 8 nitrogen and oxygen atoms in total. The van der Waals surface area contributed by atoms with Gasteiger partial charge in [0.25, 0.3) is 5.91 Å². The summed E-state index contributed by atoms with van der Waals surface area (Å²) in [6.45, 7) is 0.368. The van der Waals surface area contributed by atoms with Crippen LogP contribution in [0.5, 0.6) is 0 Å². The van der Waals surface area contributed by atoms with Crippen molar-refractivity contribution in [2.75, 3.05) is 17.2 Å². The van der Waals surface area contributed by atoms with Crippen molar-refractivity contribution in [3.05, 3.63) is 90.5 Å². The van der Waals surface area contributed by atoms with E-state index in [9.17, 15) is 9.59 Å². The summed E-state index contributed by atoms with van der Waals surface area (Å²) in [6.07, 6.45) is 0.916. The third-order valence-electron chi connectivity index (χ3n) is 4.82. The van der Waals surface area contributed by atoms with Crippen LogP contribution in [0.15, 0.2) is 89.9 Å². The monoisotopic (exact) mass is 480 g/mol. The van der Waals surface area contributed by atoms with Crippen molar-refractivity contribution in [2.45, 2.75) is 18.9 Å². The first-order chi connectivity index (χ1) is 16.0. The van der Waals surface area contributed by atoms with E-state index in [0.29, 0.717) is 30.6 Å². The van der Waals surface area contributed by atoms with Gasteiger partial charge in [0.1, 0.15) is 6.04 Å². The first-order valence-electron chi connectivity index (χ1n) is 10.7. The number of aliphatic imine (C=N–C) groups is 1. The van der Waals surface area contributed by atoms with Crippen LogP contribution in [0, 0.1) is 0 Å². The van der Waals surface area contributed by atoms with Crippen molar-refractivity contribution in [3.8, 4) is 0 Å². The molecule has 1 atom stereocenters. The number of carbonyl (C=O) groups excluding carboxylic acids is 2. The van der Waals surface area contributed by atoms with Gasteiger partial charge >= 0.3 is 0 Å². The van der Waals surface area contributed by atoms with Crippen LogP contribution in [0.25, 0.3) is 0 Å². The second-order valence-electron chi connectivity index (χ2n) is 7.40. The first-order valence-corrected chi connectivity index (χ1v) is 10.7. The van der Waals surface area contributed by atoms with Crippen LogP contribution >= 0.6 is 12.4 Å². The Kier molecular flexibility index (Phi) is 10.4. The molecule has 178 valence electrons. The smallest absolute Gasteiger partial charge is 0.251 e. The van der Waals surface area contributed by atoms with Gasteiger partial charge in [0.15, 0.2) is 5.96 Å². The third-order valence-corrected chi connectivity index (χ3v) is 4.82. The van der Waals surface area contributed by atoms with Gasteiger partial charge in [-0.1, -0.05) is 36.4 Å². The fraction of sp³-hybridized carbons (Fsp3) is 0.160. The zero-order valence-corrected chi connectivity index (χ0v) is 19.4. The average Bonchev–Trinajstić information content (AvgIpc) is 2.83. The number of nitrogens with two attached hydrogens (primary N) is 2. The molecule has 0 aromatic heterocycles. The quantitative estimate of drug-likeness (QED) is 0.171. The highest BCUT2D eigenvalue weighted by Gasteiger charge is 2.21. The number of nitrogens with zero attached hydrogens (tertiary/aromatic N) is 1. The number of nitrogens with one attached hydrogen (secondary N) is 3. The molecule has 3 aromatic carbocycles. The van der Waals surface area contributed by atoms with E-state index in [-0.39, 0.29) is 30.2 Å². The Bertz CT molecular complexity index is 1070. The van der Waals surface area contributed by atoms with E-state index in [1.54, 1.807) is 36.4 Å². The molecule has 3 aromatic rings. The van der Waals surface area contributed by atoms with Crippen LogP contribution in [-0.4, -0.2) is 30.4 Å². The van der Waals surface area contributed by atoms with Crippen LogP contribution in [-0.2, 0) is 4.79 Å². The van der Waals surface area contributed by atoms with E-state index in [1.165, 1.54) is 0 Å². The fourth-order valence-electron chi connectivity index (χ4n) is 3.16. The number of para-hydroxylation sites is 1. The van der Waals surface area contributed by atoms with Gasteiger partial charge in [0.05, 0.1) is 0 Å². The van der Waals surface area contributed by atoms with Crippen LogP contribution in [0.1, 0.15) is 23.2 Å². The van der Waals surface area contributed by atoms with Gasteiger partial charge in [-0.25, -0.2) is 0 Å². The normalized spacial score (nSPS) is 10.8. The summed E-state index contributed by atoms with van der Waals surface area (Å²) in [6, 6.07) is 25.2. The average molecular weight is 481 g/mol. The number of amides is 2. The second kappa shape index (κ2) is 13.5. The number of carbonyl (C=O) groups is 2. The molecular formula is C25H29ClN6O2. The van der Waals surface area contributed by atoms with Crippen molar-refractivity contribution in [1.29, 1.82) is 0 Å². The van der Waals surface area contributed by atoms with Crippen LogP contribution < -0.4 is 27.4 Å². The highest BCUT2D eigenvalue weighted by molar-refractivity contribution is 6.01. The summed E-state index contributed by atoms with van der Waals surface area (Å²) < 4.78 is 0. The summed E-state index contributed by atoms with van der Waals surface area (Å²) in [4.78, 5) is 29.5. The van der Waals surface area contributed by atoms with E-state index in [4.69, 9.17) is 11.5 Å². The summed E-state index contributed by atoms with van der Waals surface area (Å²) in [5, 5.41) is 8.98. The SMILES string of the molecule is Cl.NC(N)=NCCCC(NC(=O)c1ccccc1)C(=O)Nc1ccc(Nc2ccccc2)cc1. The van der Waals surface area contributed by atoms with Gasteiger partial charge in [0.2, 0.25) is 5.91 Å². The van der Waals surface area contributed by atoms with Crippen LogP contribution in [0.4, 0.5) is 17.1 Å². The van der Waals surface area contributed by atoms with E-state index >= 15 is 0 Å². The third kappa shape index (κ3) is 8.48. The summed E-state index contributed by atoms with van der Waals surface area (Å²) in [5.74, 6) is -0.638. The molecule has 0 fully saturated rings. The lowest BCUT2D eigenvalue weighted by atomic mass is 10.1. The molecule has 0 aliphatic rings. The number of anilines is 3. The Balaban J connectivity index is 0.00000408. The van der Waals surface area contributed by atoms with Gasteiger partial charge in [-0.3, -0.25) is 14.6 Å². The highest BCUT2D eigenvalue weighted by Crippen LogP contribution is 2.19. The van der Waals surface area contributed by atoms with E-state index in [2.05, 4.69) is 20.9 Å². The first kappa shape index (κ1) is 26.2. The van der Waals surface area contributed by atoms with Gasteiger partial charge in [0, 0.05) is 29.2 Å². The number of halogens is 1. The summed E-state index contributed by atoms with van der Waals surface area (Å²) >= 11 is 0. The van der Waals surface area contributed by atoms with Crippen molar-refractivity contribution < 1.29 is 9.59 Å². The topological polar surface area (TPSA) is 135 Å². The van der Waals surface area contributed by atoms with Gasteiger partial charge < -0.3 is 27.4 Å². The largest absolute Gasteiger partial charge is 0.370 e. The Morgan fingerprint density at radius 1 is 0.794 bits per heavy atom. The maximum Gasteiger partial charge on any atom is 0.251 e. The second-order valence-corrected chi connectivity index (χ2v) is 7.40. The molecule has 34 heavy (non-hydrogen) atoms. The molecule has 0 bridgehead atoms. The molecule has 2 amide bonds. The van der Waals surface area contributed by atoms with Gasteiger partial charge in [-0.05, 0) is 61.4 Å². The number of rotatable bonds is 10. The maximum atomic E-state index is 13.0. The Hall–Kier alpha value is -4.04. The van der Waals surface area contributed by atoms with Gasteiger partial charge in [-0.2, -0.15) is 0 Å². The van der Waals surface area contributed by atoms with Crippen LogP contribution in [0.3, 0.4) is 0 Å². The maximum absolute atomic E-state index is 13.0. The molecule has 0 spiro atoms. The molecular weight excluding hydrogens is 452 g/mol. The zero-order valence-electron chi connectivity index (χ0n) is 18.6. The molecule has 9 heteroatoms. The van der Waals surface area contributed by atoms with Crippen molar-refractivity contribution >= 4 is 47.2 Å². The lowest BCUT2D eigenvalue weighted by Gasteiger charge is -2.18. The fourth-order valence-corrected chi connectivity index (χ4v) is 3.16. The lowest BCUT2D eigenvalue weighted by Crippen LogP contribution is -2.44. The van der Waals surface area contributed by atoms with Crippen molar-refractivity contribution in [3.63, 3.8) is 0 Å². The highest BCUT2D eigenvalue weighted by atomic mass is 35.5. The predicted octanol–water partition coefficient (Wildman–Crippen LogP) is 3.64. The summed E-state index contributed by atoms with van der Waals surface area (Å²) in [5.41, 5.74) is 13.7. The van der Waals surface area contributed by atoms with Gasteiger partial charge in [-0.15, -0.1) is 12.4 Å². The molecule has 0 aliphatic carbocycles.